The van der Waals surface area contributed by atoms with Gasteiger partial charge in [0.25, 0.3) is 8.32 Å². The molecule has 0 saturated heterocycles. The molecule has 7 heteroatoms. The molecule has 0 fully saturated rings. The molecule has 0 aromatic heterocycles. The van der Waals surface area contributed by atoms with Crippen molar-refractivity contribution >= 4 is 41.3 Å². The first kappa shape index (κ1) is 26.2. The Morgan fingerprint density at radius 3 is 1.92 bits per heavy atom. The van der Waals surface area contributed by atoms with E-state index in [1.807, 2.05) is 36.6 Å². The van der Waals surface area contributed by atoms with Crippen molar-refractivity contribution in [3.63, 3.8) is 0 Å². The van der Waals surface area contributed by atoms with Crippen LogP contribution in [0, 0.1) is 0 Å². The van der Waals surface area contributed by atoms with Gasteiger partial charge in [0.1, 0.15) is 12.9 Å². The fraction of sp³-hybridized carbons (Fsp3) is 0.276. The van der Waals surface area contributed by atoms with Gasteiger partial charge in [-0.3, -0.25) is 0 Å². The lowest BCUT2D eigenvalue weighted by molar-refractivity contribution is 0.159. The van der Waals surface area contributed by atoms with Crippen LogP contribution >= 0.6 is 11.8 Å². The summed E-state index contributed by atoms with van der Waals surface area (Å²) in [6.45, 7) is 7.06. The molecule has 1 unspecified atom stereocenters. The molecule has 1 heterocycles. The number of aliphatic hydroxyl groups is 1. The number of hydrogen-bond acceptors (Lipinski definition) is 6. The fourth-order valence-corrected chi connectivity index (χ4v) is 9.85. The predicted molar refractivity (Wildman–Crippen MR) is 155 cm³/mol. The number of nitrogens with one attached hydrogen (secondary N) is 1. The molecule has 3 aromatic rings. The number of thioether (sulfide) groups is 1. The second-order valence-corrected chi connectivity index (χ2v) is 14.9. The standard InChI is InChI=1S/C29H35N3O2SSi/c1-29(2,3)36(25-16-10-6-11-17-25,26-18-12-7-13-19-26)34-22-32-27(31-24-14-8-5-9-15-24)23(21-33)20-30-28(32)35-4/h5-20,27,31,33H,21-22H2,1-4H3. The van der Waals surface area contributed by atoms with Gasteiger partial charge in [0, 0.05) is 17.5 Å². The maximum Gasteiger partial charge on any atom is 0.263 e. The highest BCUT2D eigenvalue weighted by molar-refractivity contribution is 8.13. The average molecular weight is 518 g/mol. The van der Waals surface area contributed by atoms with E-state index >= 15 is 0 Å². The monoisotopic (exact) mass is 517 g/mol. The summed E-state index contributed by atoms with van der Waals surface area (Å²) in [5, 5.41) is 16.9. The molecule has 3 aromatic carbocycles. The second kappa shape index (κ2) is 11.5. The van der Waals surface area contributed by atoms with E-state index in [9.17, 15) is 5.11 Å². The van der Waals surface area contributed by atoms with E-state index in [2.05, 4.69) is 96.6 Å². The number of amidine groups is 1. The van der Waals surface area contributed by atoms with Gasteiger partial charge in [-0.2, -0.15) is 0 Å². The quantitative estimate of drug-likeness (QED) is 0.418. The third kappa shape index (κ3) is 5.29. The summed E-state index contributed by atoms with van der Waals surface area (Å²) in [7, 11) is -2.75. The molecule has 188 valence electrons. The van der Waals surface area contributed by atoms with E-state index in [1.54, 1.807) is 18.0 Å². The third-order valence-corrected chi connectivity index (χ3v) is 12.2. The summed E-state index contributed by atoms with van der Waals surface area (Å²) in [5.74, 6) is 0. The van der Waals surface area contributed by atoms with Gasteiger partial charge in [-0.05, 0) is 33.8 Å². The Bertz CT molecular complexity index is 1140. The lowest BCUT2D eigenvalue weighted by atomic mass is 10.2. The van der Waals surface area contributed by atoms with Crippen molar-refractivity contribution in [1.82, 2.24) is 4.90 Å². The van der Waals surface area contributed by atoms with Crippen molar-refractivity contribution in [1.29, 1.82) is 0 Å². The Hall–Kier alpha value is -2.84. The van der Waals surface area contributed by atoms with Crippen molar-refractivity contribution in [3.05, 3.63) is 103 Å². The Kier molecular flexibility index (Phi) is 8.36. The highest BCUT2D eigenvalue weighted by atomic mass is 32.2. The summed E-state index contributed by atoms with van der Waals surface area (Å²) < 4.78 is 7.22. The maximum atomic E-state index is 10.2. The minimum absolute atomic E-state index is 0.0919. The molecular weight excluding hydrogens is 482 g/mol. The molecule has 0 aliphatic carbocycles. The molecule has 1 aliphatic heterocycles. The number of para-hydroxylation sites is 1. The van der Waals surface area contributed by atoms with Gasteiger partial charge in [0.2, 0.25) is 0 Å². The van der Waals surface area contributed by atoms with Gasteiger partial charge < -0.3 is 19.7 Å². The molecule has 0 radical (unpaired) electrons. The zero-order valence-corrected chi connectivity index (χ0v) is 23.2. The van der Waals surface area contributed by atoms with Crippen LogP contribution in [0.25, 0.3) is 0 Å². The number of anilines is 1. The van der Waals surface area contributed by atoms with Crippen LogP contribution in [0.3, 0.4) is 0 Å². The largest absolute Gasteiger partial charge is 0.392 e. The fourth-order valence-electron chi connectivity index (χ4n) is 4.81. The smallest absolute Gasteiger partial charge is 0.263 e. The average Bonchev–Trinajstić information content (AvgIpc) is 2.90. The van der Waals surface area contributed by atoms with E-state index in [1.165, 1.54) is 10.4 Å². The Labute approximate surface area is 220 Å². The molecule has 4 rings (SSSR count). The molecule has 0 saturated carbocycles. The van der Waals surface area contributed by atoms with Gasteiger partial charge in [-0.1, -0.05) is 111 Å². The predicted octanol–water partition coefficient (Wildman–Crippen LogP) is 4.87. The SMILES string of the molecule is CSC1=NC=C(CO)C(Nc2ccccc2)N1CO[Si](c1ccccc1)(c1ccccc1)C(C)(C)C. The third-order valence-electron chi connectivity index (χ3n) is 6.53. The Balaban J connectivity index is 1.76. The topological polar surface area (TPSA) is 57.1 Å². The van der Waals surface area contributed by atoms with Gasteiger partial charge in [-0.15, -0.1) is 0 Å². The zero-order chi connectivity index (χ0) is 25.6. The molecule has 2 N–H and O–H groups in total. The van der Waals surface area contributed by atoms with Gasteiger partial charge in [0.05, 0.1) is 6.61 Å². The van der Waals surface area contributed by atoms with Crippen molar-refractivity contribution in [2.45, 2.75) is 32.0 Å². The van der Waals surface area contributed by atoms with E-state index in [-0.39, 0.29) is 17.8 Å². The first-order valence-electron chi connectivity index (χ1n) is 12.2. The van der Waals surface area contributed by atoms with Crippen LogP contribution < -0.4 is 15.7 Å². The van der Waals surface area contributed by atoms with Crippen molar-refractivity contribution in [3.8, 4) is 0 Å². The van der Waals surface area contributed by atoms with Gasteiger partial charge >= 0.3 is 0 Å². The maximum absolute atomic E-state index is 10.2. The second-order valence-electron chi connectivity index (χ2n) is 9.80. The van der Waals surface area contributed by atoms with E-state index < -0.39 is 8.32 Å². The summed E-state index contributed by atoms with van der Waals surface area (Å²) in [4.78, 5) is 6.79. The highest BCUT2D eigenvalue weighted by Gasteiger charge is 2.50. The van der Waals surface area contributed by atoms with Crippen molar-refractivity contribution in [2.24, 2.45) is 4.99 Å². The Morgan fingerprint density at radius 1 is 0.917 bits per heavy atom. The normalized spacial score (nSPS) is 16.4. The molecule has 0 spiro atoms. The van der Waals surface area contributed by atoms with Crippen molar-refractivity contribution < 1.29 is 9.53 Å². The van der Waals surface area contributed by atoms with Crippen LogP contribution in [0.1, 0.15) is 20.8 Å². The van der Waals surface area contributed by atoms with Crippen molar-refractivity contribution in [2.75, 3.05) is 24.9 Å². The number of rotatable bonds is 8. The van der Waals surface area contributed by atoms with Crippen LogP contribution in [0.15, 0.2) is 108 Å². The summed E-state index contributed by atoms with van der Waals surface area (Å²) in [6.07, 6.45) is 3.51. The van der Waals surface area contributed by atoms with Crippen LogP contribution in [0.2, 0.25) is 5.04 Å². The summed E-state index contributed by atoms with van der Waals surface area (Å²) in [5.41, 5.74) is 1.77. The summed E-state index contributed by atoms with van der Waals surface area (Å²) in [6, 6.07) is 31.3. The van der Waals surface area contributed by atoms with E-state index in [0.29, 0.717) is 6.73 Å². The number of hydrogen-bond donors (Lipinski definition) is 2. The highest BCUT2D eigenvalue weighted by Crippen LogP contribution is 2.37. The zero-order valence-electron chi connectivity index (χ0n) is 21.4. The lowest BCUT2D eigenvalue weighted by Gasteiger charge is -2.46. The van der Waals surface area contributed by atoms with Crippen LogP contribution in [-0.2, 0) is 4.43 Å². The molecule has 36 heavy (non-hydrogen) atoms. The van der Waals surface area contributed by atoms with Crippen LogP contribution in [-0.4, -0.2) is 49.3 Å². The van der Waals surface area contributed by atoms with E-state index in [4.69, 9.17) is 4.43 Å². The minimum Gasteiger partial charge on any atom is -0.392 e. The number of aliphatic hydroxyl groups excluding tert-OH is 1. The van der Waals surface area contributed by atoms with Crippen LogP contribution in [0.4, 0.5) is 5.69 Å². The Morgan fingerprint density at radius 2 is 1.44 bits per heavy atom. The first-order valence-corrected chi connectivity index (χ1v) is 15.3. The number of nitrogens with zero attached hydrogens (tertiary/aromatic N) is 2. The molecule has 5 nitrogen and oxygen atoms in total. The molecular formula is C29H35N3O2SSi. The van der Waals surface area contributed by atoms with Gasteiger partial charge in [-0.25, -0.2) is 4.99 Å². The van der Waals surface area contributed by atoms with Crippen LogP contribution in [0.5, 0.6) is 0 Å². The number of aliphatic imine (C=N–C) groups is 1. The molecule has 0 bridgehead atoms. The molecule has 1 atom stereocenters. The molecule has 1 aliphatic rings. The summed E-state index contributed by atoms with van der Waals surface area (Å²) >= 11 is 1.58. The first-order chi connectivity index (χ1) is 17.4. The van der Waals surface area contributed by atoms with E-state index in [0.717, 1.165) is 16.4 Å². The molecule has 0 amide bonds. The minimum atomic E-state index is -2.75. The number of benzene rings is 3. The van der Waals surface area contributed by atoms with Gasteiger partial charge in [0.15, 0.2) is 5.17 Å². The lowest BCUT2D eigenvalue weighted by Crippen LogP contribution is -2.68.